The van der Waals surface area contributed by atoms with Gasteiger partial charge in [0, 0.05) is 19.0 Å². The van der Waals surface area contributed by atoms with Crippen molar-refractivity contribution < 1.29 is 17.9 Å². The Balaban J connectivity index is 2.16. The van der Waals surface area contributed by atoms with Crippen molar-refractivity contribution in [2.24, 2.45) is 0 Å². The van der Waals surface area contributed by atoms with Crippen LogP contribution >= 0.6 is 0 Å². The van der Waals surface area contributed by atoms with Gasteiger partial charge in [-0.15, -0.1) is 0 Å². The van der Waals surface area contributed by atoms with Gasteiger partial charge in [0.1, 0.15) is 10.6 Å². The molecule has 104 valence electrons. The van der Waals surface area contributed by atoms with Crippen molar-refractivity contribution in [3.05, 3.63) is 24.3 Å². The highest BCUT2D eigenvalue weighted by Gasteiger charge is 2.26. The molecule has 1 fully saturated rings. The zero-order chi connectivity index (χ0) is 13.9. The van der Waals surface area contributed by atoms with Gasteiger partial charge in [-0.3, -0.25) is 4.79 Å². The maximum Gasteiger partial charge on any atom is 0.244 e. The molecule has 0 saturated carbocycles. The highest BCUT2D eigenvalue weighted by atomic mass is 32.2. The number of para-hydroxylation sites is 1. The summed E-state index contributed by atoms with van der Waals surface area (Å²) in [6.07, 6.45) is 0.833. The quantitative estimate of drug-likeness (QED) is 0.830. The van der Waals surface area contributed by atoms with Gasteiger partial charge < -0.3 is 10.1 Å². The number of hydrogen-bond donors (Lipinski definition) is 2. The fourth-order valence-corrected chi connectivity index (χ4v) is 3.40. The van der Waals surface area contributed by atoms with Crippen LogP contribution in [0.1, 0.15) is 12.8 Å². The van der Waals surface area contributed by atoms with Crippen LogP contribution in [0.4, 0.5) is 0 Å². The number of carbonyl (C=O) groups is 1. The van der Waals surface area contributed by atoms with Gasteiger partial charge in [0.25, 0.3) is 0 Å². The summed E-state index contributed by atoms with van der Waals surface area (Å²) in [5, 5.41) is 2.64. The summed E-state index contributed by atoms with van der Waals surface area (Å²) < 4.78 is 32.1. The second-order valence-electron chi connectivity index (χ2n) is 4.31. The van der Waals surface area contributed by atoms with Crippen molar-refractivity contribution >= 4 is 15.9 Å². The van der Waals surface area contributed by atoms with Crippen LogP contribution in [-0.2, 0) is 14.8 Å². The van der Waals surface area contributed by atoms with E-state index in [2.05, 4.69) is 10.0 Å². The lowest BCUT2D eigenvalue weighted by molar-refractivity contribution is -0.122. The largest absolute Gasteiger partial charge is 0.495 e. The molecule has 2 rings (SSSR count). The summed E-state index contributed by atoms with van der Waals surface area (Å²) in [5.74, 6) is 0.252. The Morgan fingerprint density at radius 1 is 1.37 bits per heavy atom. The fraction of sp³-hybridized carbons (Fsp3) is 0.417. The molecule has 0 bridgehead atoms. The zero-order valence-corrected chi connectivity index (χ0v) is 11.4. The number of rotatable bonds is 4. The molecule has 1 atom stereocenters. The van der Waals surface area contributed by atoms with Crippen molar-refractivity contribution in [3.63, 3.8) is 0 Å². The Morgan fingerprint density at radius 3 is 2.74 bits per heavy atom. The standard InChI is InChI=1S/C12H16N2O4S/c1-18-10-4-2-3-5-11(10)19(16,17)14-9-6-7-12(15)13-8-9/h2-5,9,14H,6-8H2,1H3,(H,13,15). The van der Waals surface area contributed by atoms with Crippen LogP contribution in [0.15, 0.2) is 29.2 Å². The van der Waals surface area contributed by atoms with E-state index in [1.54, 1.807) is 18.2 Å². The van der Waals surface area contributed by atoms with Gasteiger partial charge >= 0.3 is 0 Å². The molecule has 0 radical (unpaired) electrons. The summed E-state index contributed by atoms with van der Waals surface area (Å²) in [7, 11) is -2.22. The first kappa shape index (κ1) is 13.8. The number of piperidine rings is 1. The number of ether oxygens (including phenoxy) is 1. The number of amides is 1. The minimum Gasteiger partial charge on any atom is -0.495 e. The molecular formula is C12H16N2O4S. The molecule has 1 heterocycles. The Labute approximate surface area is 112 Å². The van der Waals surface area contributed by atoms with Crippen LogP contribution < -0.4 is 14.8 Å². The van der Waals surface area contributed by atoms with Gasteiger partial charge in [0.2, 0.25) is 15.9 Å². The topological polar surface area (TPSA) is 84.5 Å². The number of hydrogen-bond acceptors (Lipinski definition) is 4. The van der Waals surface area contributed by atoms with Crippen LogP contribution in [0.2, 0.25) is 0 Å². The van der Waals surface area contributed by atoms with Crippen molar-refractivity contribution in [2.75, 3.05) is 13.7 Å². The molecule has 1 saturated heterocycles. The molecule has 0 aliphatic carbocycles. The summed E-state index contributed by atoms with van der Waals surface area (Å²) in [6.45, 7) is 0.313. The second-order valence-corrected chi connectivity index (χ2v) is 5.99. The number of benzene rings is 1. The van der Waals surface area contributed by atoms with Crippen LogP contribution in [0.25, 0.3) is 0 Å². The lowest BCUT2D eigenvalue weighted by Crippen LogP contribution is -2.47. The van der Waals surface area contributed by atoms with Gasteiger partial charge in [-0.05, 0) is 18.6 Å². The third-order valence-electron chi connectivity index (χ3n) is 2.95. The molecule has 1 unspecified atom stereocenters. The molecule has 6 nitrogen and oxygen atoms in total. The molecule has 1 aromatic rings. The molecule has 1 aliphatic heterocycles. The average Bonchev–Trinajstić information content (AvgIpc) is 2.41. The summed E-state index contributed by atoms with van der Waals surface area (Å²) in [5.41, 5.74) is 0. The van der Waals surface area contributed by atoms with E-state index >= 15 is 0 Å². The predicted molar refractivity (Wildman–Crippen MR) is 69.3 cm³/mol. The lowest BCUT2D eigenvalue weighted by atomic mass is 10.1. The van der Waals surface area contributed by atoms with E-state index in [9.17, 15) is 13.2 Å². The first-order valence-electron chi connectivity index (χ1n) is 5.95. The highest BCUT2D eigenvalue weighted by molar-refractivity contribution is 7.89. The lowest BCUT2D eigenvalue weighted by Gasteiger charge is -2.23. The smallest absolute Gasteiger partial charge is 0.244 e. The number of methoxy groups -OCH3 is 1. The van der Waals surface area contributed by atoms with Crippen LogP contribution in [0, 0.1) is 0 Å². The number of carbonyl (C=O) groups excluding carboxylic acids is 1. The minimum atomic E-state index is -3.65. The molecular weight excluding hydrogens is 268 g/mol. The summed E-state index contributed by atoms with van der Waals surface area (Å²) >= 11 is 0. The minimum absolute atomic E-state index is 0.0484. The molecule has 1 aliphatic rings. The highest BCUT2D eigenvalue weighted by Crippen LogP contribution is 2.23. The maximum atomic E-state index is 12.3. The summed E-state index contributed by atoms with van der Waals surface area (Å²) in [4.78, 5) is 11.1. The predicted octanol–water partition coefficient (Wildman–Crippen LogP) is 0.252. The van der Waals surface area contributed by atoms with Crippen molar-refractivity contribution in [1.82, 2.24) is 10.0 Å². The molecule has 0 aromatic heterocycles. The van der Waals surface area contributed by atoms with E-state index in [4.69, 9.17) is 4.74 Å². The SMILES string of the molecule is COc1ccccc1S(=O)(=O)NC1CCC(=O)NC1. The van der Waals surface area contributed by atoms with Gasteiger partial charge in [-0.2, -0.15) is 0 Å². The van der Waals surface area contributed by atoms with Gasteiger partial charge in [0.15, 0.2) is 0 Å². The first-order valence-corrected chi connectivity index (χ1v) is 7.43. The number of nitrogens with one attached hydrogen (secondary N) is 2. The Bertz CT molecular complexity index is 561. The molecule has 7 heteroatoms. The van der Waals surface area contributed by atoms with Gasteiger partial charge in [-0.25, -0.2) is 13.1 Å². The van der Waals surface area contributed by atoms with E-state index in [0.717, 1.165) is 0 Å². The molecule has 19 heavy (non-hydrogen) atoms. The van der Waals surface area contributed by atoms with Crippen molar-refractivity contribution in [1.29, 1.82) is 0 Å². The zero-order valence-electron chi connectivity index (χ0n) is 10.5. The second kappa shape index (κ2) is 5.58. The van der Waals surface area contributed by atoms with Crippen molar-refractivity contribution in [3.8, 4) is 5.75 Å². The Hall–Kier alpha value is -1.60. The third-order valence-corrected chi connectivity index (χ3v) is 4.51. The fourth-order valence-electron chi connectivity index (χ4n) is 1.96. The maximum absolute atomic E-state index is 12.3. The van der Waals surface area contributed by atoms with Crippen molar-refractivity contribution in [2.45, 2.75) is 23.8 Å². The monoisotopic (exact) mass is 284 g/mol. The molecule has 1 amide bonds. The van der Waals surface area contributed by atoms with Gasteiger partial charge in [0.05, 0.1) is 7.11 Å². The van der Waals surface area contributed by atoms with E-state index in [0.29, 0.717) is 25.1 Å². The van der Waals surface area contributed by atoms with Crippen LogP contribution in [0.5, 0.6) is 5.75 Å². The van der Waals surface area contributed by atoms with E-state index in [1.165, 1.54) is 13.2 Å². The molecule has 0 spiro atoms. The Morgan fingerprint density at radius 2 is 2.11 bits per heavy atom. The van der Waals surface area contributed by atoms with E-state index < -0.39 is 10.0 Å². The molecule has 2 N–H and O–H groups in total. The van der Waals surface area contributed by atoms with E-state index in [-0.39, 0.29) is 16.8 Å². The molecule has 1 aromatic carbocycles. The third kappa shape index (κ3) is 3.24. The van der Waals surface area contributed by atoms with Crippen LogP contribution in [0.3, 0.4) is 0 Å². The van der Waals surface area contributed by atoms with Crippen LogP contribution in [-0.4, -0.2) is 34.0 Å². The first-order chi connectivity index (χ1) is 9.03. The van der Waals surface area contributed by atoms with E-state index in [1.807, 2.05) is 0 Å². The normalized spacial score (nSPS) is 19.8. The van der Waals surface area contributed by atoms with Gasteiger partial charge in [-0.1, -0.05) is 12.1 Å². The Kier molecular flexibility index (Phi) is 4.06. The summed E-state index contributed by atoms with van der Waals surface area (Å²) in [6, 6.07) is 6.14. The number of sulfonamides is 1. The average molecular weight is 284 g/mol.